The van der Waals surface area contributed by atoms with Gasteiger partial charge in [-0.25, -0.2) is 14.9 Å². The van der Waals surface area contributed by atoms with Crippen molar-refractivity contribution in [2.24, 2.45) is 4.99 Å². The zero-order valence-corrected chi connectivity index (χ0v) is 16.1. The lowest BCUT2D eigenvalue weighted by Gasteiger charge is -2.32. The zero-order valence-electron chi connectivity index (χ0n) is 15.3. The molecule has 4 rings (SSSR count). The second-order valence-corrected chi connectivity index (χ2v) is 7.67. The van der Waals surface area contributed by atoms with Gasteiger partial charge in [0.1, 0.15) is 5.82 Å². The Labute approximate surface area is 162 Å². The average molecular weight is 380 g/mol. The van der Waals surface area contributed by atoms with Crippen LogP contribution in [0.25, 0.3) is 0 Å². The van der Waals surface area contributed by atoms with Crippen molar-refractivity contribution in [3.05, 3.63) is 53.6 Å². The number of carbonyl (C=O) groups excluding carboxylic acids is 2. The fourth-order valence-corrected chi connectivity index (χ4v) is 4.73. The molecule has 0 spiro atoms. The summed E-state index contributed by atoms with van der Waals surface area (Å²) >= 11 is 1.73. The maximum absolute atomic E-state index is 11.8. The molecule has 0 aliphatic carbocycles. The Morgan fingerprint density at radius 1 is 1.11 bits per heavy atom. The van der Waals surface area contributed by atoms with Crippen molar-refractivity contribution >= 4 is 40.4 Å². The van der Waals surface area contributed by atoms with Crippen LogP contribution in [0.1, 0.15) is 25.0 Å². The SMILES string of the molecule is CC(=O)N(C(C)=O)c1cccc(N=C2SCC3Cc4ccccc4CN23)n1. The van der Waals surface area contributed by atoms with Crippen LogP contribution in [-0.4, -0.2) is 38.7 Å². The number of hydrogen-bond acceptors (Lipinski definition) is 5. The minimum absolute atomic E-state index is 0.306. The number of carbonyl (C=O) groups is 2. The van der Waals surface area contributed by atoms with Gasteiger partial charge in [0.25, 0.3) is 0 Å². The van der Waals surface area contributed by atoms with E-state index in [9.17, 15) is 9.59 Å². The van der Waals surface area contributed by atoms with Crippen molar-refractivity contribution in [1.29, 1.82) is 0 Å². The van der Waals surface area contributed by atoms with Crippen LogP contribution in [0.15, 0.2) is 47.5 Å². The molecule has 0 N–H and O–H groups in total. The number of thioether (sulfide) groups is 1. The molecule has 1 aromatic heterocycles. The number of hydrogen-bond donors (Lipinski definition) is 0. The standard InChI is InChI=1S/C20H20N4O2S/c1-13(25)24(14(2)26)19-9-5-8-18(21-19)22-20-23-11-16-7-4-3-6-15(16)10-17(23)12-27-20/h3-9,17H,10-12H2,1-2H3. The van der Waals surface area contributed by atoms with Gasteiger partial charge in [0.05, 0.1) is 0 Å². The largest absolute Gasteiger partial charge is 0.343 e. The Balaban J connectivity index is 1.62. The molecule has 27 heavy (non-hydrogen) atoms. The monoisotopic (exact) mass is 380 g/mol. The molecule has 6 nitrogen and oxygen atoms in total. The lowest BCUT2D eigenvalue weighted by atomic mass is 9.95. The molecule has 2 aliphatic heterocycles. The van der Waals surface area contributed by atoms with Gasteiger partial charge < -0.3 is 4.90 Å². The zero-order chi connectivity index (χ0) is 19.0. The topological polar surface area (TPSA) is 65.9 Å². The second-order valence-electron chi connectivity index (χ2n) is 6.69. The summed E-state index contributed by atoms with van der Waals surface area (Å²) in [6.07, 6.45) is 1.03. The van der Waals surface area contributed by atoms with Crippen LogP contribution < -0.4 is 4.90 Å². The van der Waals surface area contributed by atoms with Crippen LogP contribution in [0.5, 0.6) is 0 Å². The summed E-state index contributed by atoms with van der Waals surface area (Å²) in [7, 11) is 0. The molecule has 1 fully saturated rings. The summed E-state index contributed by atoms with van der Waals surface area (Å²) < 4.78 is 0. The van der Waals surface area contributed by atoms with E-state index in [2.05, 4.69) is 34.1 Å². The maximum atomic E-state index is 11.8. The van der Waals surface area contributed by atoms with E-state index in [0.29, 0.717) is 17.7 Å². The molecule has 3 heterocycles. The van der Waals surface area contributed by atoms with Gasteiger partial charge >= 0.3 is 0 Å². The van der Waals surface area contributed by atoms with Crippen molar-refractivity contribution in [2.75, 3.05) is 10.7 Å². The summed E-state index contributed by atoms with van der Waals surface area (Å²) in [5, 5.41) is 0.941. The Morgan fingerprint density at radius 2 is 1.85 bits per heavy atom. The van der Waals surface area contributed by atoms with E-state index in [1.165, 1.54) is 25.0 Å². The molecule has 2 aromatic rings. The summed E-state index contributed by atoms with van der Waals surface area (Å²) in [4.78, 5) is 36.1. The Bertz CT molecular complexity index is 929. The number of nitrogens with zero attached hydrogens (tertiary/aromatic N) is 4. The number of amidine groups is 1. The lowest BCUT2D eigenvalue weighted by Crippen LogP contribution is -2.38. The number of aromatic nitrogens is 1. The number of benzene rings is 1. The third kappa shape index (κ3) is 3.47. The van der Waals surface area contributed by atoms with E-state index in [0.717, 1.165) is 28.8 Å². The van der Waals surface area contributed by atoms with E-state index in [1.807, 2.05) is 0 Å². The molecule has 1 atom stereocenters. The molecule has 0 bridgehead atoms. The quantitative estimate of drug-likeness (QED) is 0.801. The van der Waals surface area contributed by atoms with Crippen LogP contribution in [0.3, 0.4) is 0 Å². The molecule has 2 aliphatic rings. The molecule has 2 amide bonds. The van der Waals surface area contributed by atoms with Crippen LogP contribution in [0.4, 0.5) is 11.6 Å². The minimum atomic E-state index is -0.359. The normalized spacial score (nSPS) is 19.6. The Kier molecular flexibility index (Phi) is 4.70. The van der Waals surface area contributed by atoms with Crippen molar-refractivity contribution in [3.8, 4) is 0 Å². The van der Waals surface area contributed by atoms with Gasteiger partial charge in [-0.05, 0) is 29.7 Å². The van der Waals surface area contributed by atoms with E-state index < -0.39 is 0 Å². The molecular formula is C20H20N4O2S. The number of anilines is 1. The van der Waals surface area contributed by atoms with Crippen molar-refractivity contribution in [3.63, 3.8) is 0 Å². The Morgan fingerprint density at radius 3 is 2.59 bits per heavy atom. The van der Waals surface area contributed by atoms with Crippen LogP contribution in [0.2, 0.25) is 0 Å². The summed E-state index contributed by atoms with van der Waals surface area (Å²) in [5.74, 6) is 1.09. The molecule has 0 radical (unpaired) electrons. The third-order valence-corrected chi connectivity index (χ3v) is 5.93. The molecule has 1 unspecified atom stereocenters. The van der Waals surface area contributed by atoms with Crippen molar-refractivity contribution in [1.82, 2.24) is 9.88 Å². The minimum Gasteiger partial charge on any atom is -0.343 e. The first-order chi connectivity index (χ1) is 13.0. The second kappa shape index (κ2) is 7.15. The molecule has 7 heteroatoms. The fraction of sp³-hybridized carbons (Fsp3) is 0.300. The third-order valence-electron chi connectivity index (χ3n) is 4.79. The molecular weight excluding hydrogens is 360 g/mol. The molecule has 138 valence electrons. The number of rotatable bonds is 2. The van der Waals surface area contributed by atoms with E-state index in [-0.39, 0.29) is 11.8 Å². The van der Waals surface area contributed by atoms with Crippen LogP contribution >= 0.6 is 11.8 Å². The number of fused-ring (bicyclic) bond motifs is 2. The first kappa shape index (κ1) is 17.7. The lowest BCUT2D eigenvalue weighted by molar-refractivity contribution is -0.124. The summed E-state index contributed by atoms with van der Waals surface area (Å²) in [6.45, 7) is 3.55. The van der Waals surface area contributed by atoms with E-state index >= 15 is 0 Å². The van der Waals surface area contributed by atoms with E-state index in [1.54, 1.807) is 30.0 Å². The van der Waals surface area contributed by atoms with Gasteiger partial charge in [-0.1, -0.05) is 42.1 Å². The smallest absolute Gasteiger partial charge is 0.231 e. The van der Waals surface area contributed by atoms with E-state index in [4.69, 9.17) is 4.99 Å². The summed E-state index contributed by atoms with van der Waals surface area (Å²) in [5.41, 5.74) is 2.75. The predicted molar refractivity (Wildman–Crippen MR) is 107 cm³/mol. The van der Waals surface area contributed by atoms with Crippen molar-refractivity contribution in [2.45, 2.75) is 32.9 Å². The first-order valence-electron chi connectivity index (χ1n) is 8.86. The highest BCUT2D eigenvalue weighted by atomic mass is 32.2. The first-order valence-corrected chi connectivity index (χ1v) is 9.84. The summed E-state index contributed by atoms with van der Waals surface area (Å²) in [6, 6.07) is 14.2. The number of imide groups is 1. The van der Waals surface area contributed by atoms with Gasteiger partial charge in [-0.15, -0.1) is 0 Å². The number of aliphatic imine (C=N–C) groups is 1. The highest BCUT2D eigenvalue weighted by Gasteiger charge is 2.34. The highest BCUT2D eigenvalue weighted by Crippen LogP contribution is 2.34. The van der Waals surface area contributed by atoms with Gasteiger partial charge in [0, 0.05) is 32.2 Å². The highest BCUT2D eigenvalue weighted by molar-refractivity contribution is 8.14. The van der Waals surface area contributed by atoms with Crippen LogP contribution in [-0.2, 0) is 22.6 Å². The Hall–Kier alpha value is -2.67. The van der Waals surface area contributed by atoms with Gasteiger partial charge in [0.2, 0.25) is 11.8 Å². The van der Waals surface area contributed by atoms with Gasteiger partial charge in [-0.2, -0.15) is 0 Å². The molecule has 1 aromatic carbocycles. The van der Waals surface area contributed by atoms with Crippen LogP contribution in [0, 0.1) is 0 Å². The van der Waals surface area contributed by atoms with Crippen molar-refractivity contribution < 1.29 is 9.59 Å². The number of amides is 2. The molecule has 0 saturated carbocycles. The maximum Gasteiger partial charge on any atom is 0.231 e. The molecule has 1 saturated heterocycles. The average Bonchev–Trinajstić information content (AvgIpc) is 3.01. The predicted octanol–water partition coefficient (Wildman–Crippen LogP) is 3.14. The fourth-order valence-electron chi connectivity index (χ4n) is 3.55. The number of pyridine rings is 1. The van der Waals surface area contributed by atoms with Gasteiger partial charge in [0.15, 0.2) is 11.0 Å². The van der Waals surface area contributed by atoms with Gasteiger partial charge in [-0.3, -0.25) is 9.59 Å².